The highest BCUT2D eigenvalue weighted by Crippen LogP contribution is 2.52. The number of nitrogens with zero attached hydrogens (tertiary/aromatic N) is 5. The van der Waals surface area contributed by atoms with E-state index in [9.17, 15) is 13.2 Å². The van der Waals surface area contributed by atoms with Crippen molar-refractivity contribution in [1.29, 1.82) is 0 Å². The number of allylic oxidation sites excluding steroid dienone is 1. The van der Waals surface area contributed by atoms with Crippen molar-refractivity contribution >= 4 is 28.8 Å². The fraction of sp³-hybridized carbons (Fsp3) is 0.625. The lowest BCUT2D eigenvalue weighted by molar-refractivity contribution is 0.0714. The van der Waals surface area contributed by atoms with Crippen LogP contribution in [-0.4, -0.2) is 55.3 Å². The van der Waals surface area contributed by atoms with E-state index >= 15 is 0 Å². The first-order chi connectivity index (χ1) is 19.2. The fourth-order valence-electron chi connectivity index (χ4n) is 7.16. The third kappa shape index (κ3) is 5.68. The molecule has 2 heterocycles. The second-order valence-electron chi connectivity index (χ2n) is 12.4. The number of hydrogen-bond donors (Lipinski definition) is 0. The lowest BCUT2D eigenvalue weighted by atomic mass is 9.66. The molecule has 8 heteroatoms. The van der Waals surface area contributed by atoms with Gasteiger partial charge in [0.1, 0.15) is 6.17 Å². The van der Waals surface area contributed by atoms with Gasteiger partial charge in [0.25, 0.3) is 6.43 Å². The third-order valence-electron chi connectivity index (χ3n) is 9.32. The summed E-state index contributed by atoms with van der Waals surface area (Å²) in [7, 11) is 0. The molecule has 1 aromatic rings. The highest BCUT2D eigenvalue weighted by molar-refractivity contribution is 6.12. The zero-order chi connectivity index (χ0) is 28.5. The largest absolute Gasteiger partial charge is 0.345 e. The molecular weight excluding hydrogens is 511 g/mol. The van der Waals surface area contributed by atoms with Crippen LogP contribution in [0.5, 0.6) is 0 Å². The third-order valence-corrected chi connectivity index (χ3v) is 9.32. The number of hydrogen-bond acceptors (Lipinski definition) is 5. The normalized spacial score (nSPS) is 29.7. The van der Waals surface area contributed by atoms with Crippen LogP contribution in [0.2, 0.25) is 0 Å². The Kier molecular flexibility index (Phi) is 8.35. The summed E-state index contributed by atoms with van der Waals surface area (Å²) in [6.45, 7) is 12.6. The Balaban J connectivity index is 1.40. The highest BCUT2D eigenvalue weighted by Gasteiger charge is 2.47. The fourth-order valence-corrected chi connectivity index (χ4v) is 7.16. The summed E-state index contributed by atoms with van der Waals surface area (Å²) in [6.07, 6.45) is 4.21. The zero-order valence-electron chi connectivity index (χ0n) is 24.1. The van der Waals surface area contributed by atoms with Gasteiger partial charge in [-0.15, -0.1) is 0 Å². The van der Waals surface area contributed by atoms with Gasteiger partial charge < -0.3 is 4.90 Å². The molecule has 40 heavy (non-hydrogen) atoms. The van der Waals surface area contributed by atoms with Gasteiger partial charge in [-0.2, -0.15) is 0 Å². The molecule has 0 aromatic heterocycles. The summed E-state index contributed by atoms with van der Waals surface area (Å²) >= 11 is 0. The number of aliphatic imine (C=N–C) groups is 4. The Hall–Kier alpha value is -2.77. The summed E-state index contributed by atoms with van der Waals surface area (Å²) < 4.78 is 40.7. The van der Waals surface area contributed by atoms with Crippen LogP contribution in [0.25, 0.3) is 0 Å². The summed E-state index contributed by atoms with van der Waals surface area (Å²) in [5.41, 5.74) is 4.40. The van der Waals surface area contributed by atoms with Crippen LogP contribution in [0, 0.1) is 16.7 Å². The van der Waals surface area contributed by atoms with Gasteiger partial charge in [-0.3, -0.25) is 9.98 Å². The molecule has 5 rings (SSSR count). The molecule has 2 aliphatic carbocycles. The average Bonchev–Trinajstić information content (AvgIpc) is 3.67. The molecule has 0 spiro atoms. The maximum Gasteiger partial charge on any atom is 0.296 e. The number of rotatable bonds is 12. The van der Waals surface area contributed by atoms with Crippen LogP contribution in [0.15, 0.2) is 56.5 Å². The summed E-state index contributed by atoms with van der Waals surface area (Å²) in [5.74, 6) is 0.776. The van der Waals surface area contributed by atoms with Gasteiger partial charge in [-0.05, 0) is 63.0 Å². The Bertz CT molecular complexity index is 1240. The predicted molar refractivity (Wildman–Crippen MR) is 159 cm³/mol. The van der Waals surface area contributed by atoms with E-state index in [0.717, 1.165) is 85.7 Å². The molecule has 5 nitrogen and oxygen atoms in total. The maximum absolute atomic E-state index is 14.1. The zero-order valence-corrected chi connectivity index (χ0v) is 24.1. The molecule has 2 aliphatic heterocycles. The molecule has 1 aromatic carbocycles. The van der Waals surface area contributed by atoms with Crippen molar-refractivity contribution in [3.63, 3.8) is 0 Å². The molecule has 2 saturated carbocycles. The first kappa shape index (κ1) is 28.7. The predicted octanol–water partition coefficient (Wildman–Crippen LogP) is 7.85. The molecule has 0 bridgehead atoms. The molecule has 0 amide bonds. The summed E-state index contributed by atoms with van der Waals surface area (Å²) in [4.78, 5) is 20.1. The van der Waals surface area contributed by atoms with E-state index in [1.54, 1.807) is 0 Å². The molecule has 2 unspecified atom stereocenters. The van der Waals surface area contributed by atoms with Crippen molar-refractivity contribution in [3.05, 3.63) is 42.1 Å². The quantitative estimate of drug-likeness (QED) is 0.260. The van der Waals surface area contributed by atoms with Gasteiger partial charge in [-0.1, -0.05) is 52.3 Å². The second kappa shape index (κ2) is 11.6. The number of halogens is 3. The van der Waals surface area contributed by atoms with Crippen molar-refractivity contribution in [1.82, 2.24) is 0 Å². The Morgan fingerprint density at radius 3 is 2.58 bits per heavy atom. The first-order valence-electron chi connectivity index (χ1n) is 14.9. The summed E-state index contributed by atoms with van der Waals surface area (Å²) in [5, 5.41) is 0. The van der Waals surface area contributed by atoms with Crippen molar-refractivity contribution in [2.45, 2.75) is 91.2 Å². The van der Waals surface area contributed by atoms with Crippen molar-refractivity contribution in [2.24, 2.45) is 36.7 Å². The number of amidine groups is 2. The van der Waals surface area contributed by atoms with Crippen molar-refractivity contribution < 1.29 is 13.2 Å². The van der Waals surface area contributed by atoms with E-state index in [-0.39, 0.29) is 23.2 Å². The van der Waals surface area contributed by atoms with E-state index in [4.69, 9.17) is 4.99 Å². The Morgan fingerprint density at radius 1 is 1.10 bits per heavy atom. The molecule has 2 fully saturated rings. The van der Waals surface area contributed by atoms with Gasteiger partial charge in [-0.25, -0.2) is 23.2 Å². The van der Waals surface area contributed by atoms with Crippen molar-refractivity contribution in [2.75, 3.05) is 24.5 Å². The minimum absolute atomic E-state index is 0.193. The van der Waals surface area contributed by atoms with Crippen molar-refractivity contribution in [3.8, 4) is 0 Å². The summed E-state index contributed by atoms with van der Waals surface area (Å²) in [6, 6.07) is 8.31. The lowest BCUT2D eigenvalue weighted by Gasteiger charge is -2.47. The van der Waals surface area contributed by atoms with E-state index in [0.29, 0.717) is 25.3 Å². The van der Waals surface area contributed by atoms with Gasteiger partial charge >= 0.3 is 0 Å². The number of alkyl halides is 3. The standard InChI is InChI=1S/C32H42F3N5/c1-5-8-25-18-36-29(38-25)23-9-7-10-26(14-23)40(21(3)31(4)16-24(33)17-31)20-22-11-13-32(15-22,12-6-2)27-19-37-30(39-27)28(34)35/h7,9-10,14,22,24,28H,3,5-6,8,11-13,15-20H2,1-2,4H3. The molecule has 0 N–H and O–H groups in total. The van der Waals surface area contributed by atoms with Crippen LogP contribution in [0.4, 0.5) is 18.9 Å². The smallest absolute Gasteiger partial charge is 0.296 e. The highest BCUT2D eigenvalue weighted by atomic mass is 19.3. The lowest BCUT2D eigenvalue weighted by Crippen LogP contribution is -2.44. The minimum Gasteiger partial charge on any atom is -0.345 e. The van der Waals surface area contributed by atoms with Crippen LogP contribution in [0.1, 0.15) is 84.1 Å². The van der Waals surface area contributed by atoms with E-state index in [2.05, 4.69) is 59.4 Å². The monoisotopic (exact) mass is 553 g/mol. The van der Waals surface area contributed by atoms with Gasteiger partial charge in [0.15, 0.2) is 11.7 Å². The van der Waals surface area contributed by atoms with E-state index < -0.39 is 12.6 Å². The molecule has 4 aliphatic rings. The van der Waals surface area contributed by atoms with E-state index in [1.165, 1.54) is 0 Å². The van der Waals surface area contributed by atoms with Crippen LogP contribution < -0.4 is 4.90 Å². The van der Waals surface area contributed by atoms with Crippen LogP contribution >= 0.6 is 0 Å². The average molecular weight is 554 g/mol. The van der Waals surface area contributed by atoms with Gasteiger partial charge in [0, 0.05) is 45.7 Å². The Labute approximate surface area is 236 Å². The topological polar surface area (TPSA) is 52.7 Å². The van der Waals surface area contributed by atoms with Gasteiger partial charge in [0.2, 0.25) is 0 Å². The number of anilines is 1. The molecular formula is C32H42F3N5. The second-order valence-corrected chi connectivity index (χ2v) is 12.4. The molecule has 2 atom stereocenters. The minimum atomic E-state index is -2.63. The first-order valence-corrected chi connectivity index (χ1v) is 14.9. The molecule has 216 valence electrons. The van der Waals surface area contributed by atoms with Crippen LogP contribution in [0.3, 0.4) is 0 Å². The van der Waals surface area contributed by atoms with Gasteiger partial charge in [0.05, 0.1) is 13.1 Å². The van der Waals surface area contributed by atoms with E-state index in [1.807, 2.05) is 12.1 Å². The Morgan fingerprint density at radius 2 is 1.90 bits per heavy atom. The number of benzene rings is 1. The van der Waals surface area contributed by atoms with Crippen LogP contribution in [-0.2, 0) is 0 Å². The maximum atomic E-state index is 14.1. The molecule has 0 saturated heterocycles. The SMILES string of the molecule is C=C(N(CC1CCC(CCC)(C2=NC(C(F)F)=NC2)C1)c1cccc(C2=NCC(CCC)=N2)c1)C1(C)CC(F)C1. The molecule has 0 radical (unpaired) electrons.